The van der Waals surface area contributed by atoms with Gasteiger partial charge in [-0.25, -0.2) is 0 Å². The van der Waals surface area contributed by atoms with Crippen LogP contribution in [0.1, 0.15) is 128 Å². The van der Waals surface area contributed by atoms with Crippen molar-refractivity contribution in [1.82, 2.24) is 0 Å². The average Bonchev–Trinajstić information content (AvgIpc) is 3.28. The number of hydrogen-bond donors (Lipinski definition) is 0. The van der Waals surface area contributed by atoms with E-state index >= 15 is 13.2 Å². The van der Waals surface area contributed by atoms with Crippen LogP contribution in [0.15, 0.2) is 30.3 Å². The van der Waals surface area contributed by atoms with Crippen molar-refractivity contribution >= 4 is 34.1 Å². The third-order valence-corrected chi connectivity index (χ3v) is 16.4. The van der Waals surface area contributed by atoms with Gasteiger partial charge < -0.3 is 9.80 Å². The lowest BCUT2D eigenvalue weighted by atomic mass is 9.79. The van der Waals surface area contributed by atoms with Crippen LogP contribution in [-0.4, -0.2) is 0 Å². The van der Waals surface area contributed by atoms with Crippen LogP contribution >= 0.6 is 0 Å². The lowest BCUT2D eigenvalue weighted by molar-refractivity contribution is -0.142. The van der Waals surface area contributed by atoms with Gasteiger partial charge in [0.2, 0.25) is 0 Å². The normalized spacial score (nSPS) is 13.4. The van der Waals surface area contributed by atoms with Gasteiger partial charge in [0, 0.05) is 18.4 Å². The zero-order valence-corrected chi connectivity index (χ0v) is 40.9. The highest BCUT2D eigenvalue weighted by Gasteiger charge is 2.42. The second kappa shape index (κ2) is 15.5. The molecule has 0 saturated carbocycles. The van der Waals surface area contributed by atoms with Crippen LogP contribution in [0.5, 0.6) is 0 Å². The van der Waals surface area contributed by atoms with Gasteiger partial charge >= 0.3 is 12.4 Å². The molecule has 0 amide bonds. The van der Waals surface area contributed by atoms with Crippen molar-refractivity contribution in [2.24, 2.45) is 0 Å². The molecule has 2 aliphatic heterocycles. The highest BCUT2D eigenvalue weighted by molar-refractivity contribution is 6.02. The van der Waals surface area contributed by atoms with Crippen LogP contribution in [0.2, 0.25) is 0 Å². The lowest BCUT2D eigenvalue weighted by Gasteiger charge is -2.44. The molecule has 0 saturated heterocycles. The Morgan fingerprint density at radius 2 is 0.712 bits per heavy atom. The Labute approximate surface area is 385 Å². The predicted octanol–water partition coefficient (Wildman–Crippen LogP) is 16.9. The molecular formula is C57H57F6N3. The first-order valence-corrected chi connectivity index (χ1v) is 22.5. The monoisotopic (exact) mass is 897 g/mol. The van der Waals surface area contributed by atoms with E-state index in [-0.39, 0.29) is 17.2 Å². The number of alkyl halides is 6. The van der Waals surface area contributed by atoms with E-state index in [0.29, 0.717) is 30.3 Å². The predicted molar refractivity (Wildman–Crippen MR) is 257 cm³/mol. The van der Waals surface area contributed by atoms with Crippen LogP contribution in [0.4, 0.5) is 60.5 Å². The fraction of sp³-hybridized carbons (Fsp3) is 0.351. The van der Waals surface area contributed by atoms with Crippen LogP contribution in [0, 0.1) is 122 Å². The fourth-order valence-corrected chi connectivity index (χ4v) is 11.1. The standard InChI is InChI=1S/C57H57F6N3/c1-25-29(5)37(13)52-44(33(25)9)21-45-34(10)26(2)30(6)38(14)53(45)65(52)50-19-41(24-64)48(43-18-17-42(56(58,59)60)20-49(43)57(61,62)63)23-51(50)66-54-39(15)31(7)27(3)35(11)46(54)22-47-36(12)28(4)32(8)40(16)55(47)66/h17-20,23H,21-22H2,1-16H3. The summed E-state index contributed by atoms with van der Waals surface area (Å²) in [6.07, 6.45) is -8.93. The summed E-state index contributed by atoms with van der Waals surface area (Å²) < 4.78 is 88.4. The topological polar surface area (TPSA) is 30.3 Å². The van der Waals surface area contributed by atoms with Crippen LogP contribution in [-0.2, 0) is 25.2 Å². The summed E-state index contributed by atoms with van der Waals surface area (Å²) in [5.74, 6) is 0. The molecule has 2 heterocycles. The van der Waals surface area contributed by atoms with Crippen LogP contribution < -0.4 is 9.80 Å². The molecule has 3 nitrogen and oxygen atoms in total. The second-order valence-electron chi connectivity index (χ2n) is 19.1. The summed E-state index contributed by atoms with van der Waals surface area (Å²) >= 11 is 0. The molecule has 0 N–H and O–H groups in total. The van der Waals surface area contributed by atoms with Crippen molar-refractivity contribution in [2.45, 2.75) is 136 Å². The van der Waals surface area contributed by atoms with Gasteiger partial charge in [0.15, 0.2) is 0 Å². The molecular weight excluding hydrogens is 841 g/mol. The van der Waals surface area contributed by atoms with Crippen LogP contribution in [0.3, 0.4) is 0 Å². The first-order valence-electron chi connectivity index (χ1n) is 22.5. The fourth-order valence-electron chi connectivity index (χ4n) is 11.1. The van der Waals surface area contributed by atoms with E-state index < -0.39 is 29.0 Å². The first kappa shape index (κ1) is 46.5. The van der Waals surface area contributed by atoms with E-state index in [1.54, 1.807) is 12.1 Å². The van der Waals surface area contributed by atoms with E-state index in [9.17, 15) is 18.4 Å². The molecule has 66 heavy (non-hydrogen) atoms. The van der Waals surface area contributed by atoms with Crippen molar-refractivity contribution in [3.8, 4) is 17.2 Å². The van der Waals surface area contributed by atoms with Gasteiger partial charge in [0.25, 0.3) is 0 Å². The molecule has 0 fully saturated rings. The molecule has 0 aromatic heterocycles. The van der Waals surface area contributed by atoms with Crippen molar-refractivity contribution in [3.63, 3.8) is 0 Å². The molecule has 2 aliphatic rings. The Balaban J connectivity index is 1.66. The Bertz CT molecular complexity index is 3050. The Morgan fingerprint density at radius 3 is 1.02 bits per heavy atom. The maximum atomic E-state index is 15.3. The van der Waals surface area contributed by atoms with Crippen molar-refractivity contribution < 1.29 is 26.3 Å². The molecule has 0 atom stereocenters. The number of halogens is 6. The van der Waals surface area contributed by atoms with Gasteiger partial charge in [-0.2, -0.15) is 31.6 Å². The molecule has 0 bridgehead atoms. The number of anilines is 6. The third-order valence-electron chi connectivity index (χ3n) is 16.4. The second-order valence-corrected chi connectivity index (χ2v) is 19.1. The van der Waals surface area contributed by atoms with E-state index in [2.05, 4.69) is 127 Å². The summed E-state index contributed by atoms with van der Waals surface area (Å²) in [5, 5.41) is 11.2. The Hall–Kier alpha value is -6.01. The zero-order valence-electron chi connectivity index (χ0n) is 40.9. The minimum Gasteiger partial charge on any atom is -0.307 e. The van der Waals surface area contributed by atoms with Crippen molar-refractivity contribution in [1.29, 1.82) is 5.26 Å². The van der Waals surface area contributed by atoms with Crippen molar-refractivity contribution in [2.75, 3.05) is 9.80 Å². The molecule has 342 valence electrons. The third kappa shape index (κ3) is 6.60. The molecule has 0 aliphatic carbocycles. The average molecular weight is 898 g/mol. The lowest BCUT2D eigenvalue weighted by Crippen LogP contribution is -2.28. The zero-order chi connectivity index (χ0) is 48.7. The smallest absolute Gasteiger partial charge is 0.307 e. The molecule has 8 rings (SSSR count). The molecule has 0 unspecified atom stereocenters. The van der Waals surface area contributed by atoms with E-state index in [1.165, 1.54) is 11.1 Å². The maximum absolute atomic E-state index is 15.3. The number of nitrogens with zero attached hydrogens (tertiary/aromatic N) is 3. The minimum absolute atomic E-state index is 0.0949. The van der Waals surface area contributed by atoms with E-state index in [0.717, 1.165) is 129 Å². The quantitative estimate of drug-likeness (QED) is 0.166. The Morgan fingerprint density at radius 1 is 0.394 bits per heavy atom. The maximum Gasteiger partial charge on any atom is 0.417 e. The number of benzene rings is 6. The molecule has 0 radical (unpaired) electrons. The number of rotatable bonds is 3. The summed E-state index contributed by atoms with van der Waals surface area (Å²) in [7, 11) is 0. The summed E-state index contributed by atoms with van der Waals surface area (Å²) in [5.41, 5.74) is 23.3. The summed E-state index contributed by atoms with van der Waals surface area (Å²) in [4.78, 5) is 4.48. The Kier molecular flexibility index (Phi) is 11.0. The number of fused-ring (bicyclic) bond motifs is 4. The number of nitriles is 1. The SMILES string of the molecule is Cc1c(C)c(C)c2c(c1C)Cc1c(C)c(C)c(C)c(C)c1N2c1cc(C#N)c(-c2ccc(C(F)(F)F)cc2C(F)(F)F)cc1N1c2c(C)c(C)c(C)c(C)c2Cc2c(C)c(C)c(C)c(C)c21. The van der Waals surface area contributed by atoms with Gasteiger partial charge in [-0.15, -0.1) is 0 Å². The highest BCUT2D eigenvalue weighted by atomic mass is 19.4. The molecule has 0 spiro atoms. The summed E-state index contributed by atoms with van der Waals surface area (Å²) in [6, 6.07) is 7.31. The van der Waals surface area contributed by atoms with Gasteiger partial charge in [0.05, 0.1) is 56.9 Å². The van der Waals surface area contributed by atoms with Gasteiger partial charge in [-0.3, -0.25) is 0 Å². The van der Waals surface area contributed by atoms with Crippen LogP contribution in [0.25, 0.3) is 11.1 Å². The summed E-state index contributed by atoms with van der Waals surface area (Å²) in [6.45, 7) is 33.9. The molecule has 9 heteroatoms. The van der Waals surface area contributed by atoms with E-state index in [4.69, 9.17) is 0 Å². The minimum atomic E-state index is -5.18. The highest BCUT2D eigenvalue weighted by Crippen LogP contribution is 2.59. The van der Waals surface area contributed by atoms with E-state index in [1.807, 2.05) is 0 Å². The number of hydrogen-bond acceptors (Lipinski definition) is 3. The van der Waals surface area contributed by atoms with Gasteiger partial charge in [-0.1, -0.05) is 6.07 Å². The molecule has 6 aromatic rings. The molecule has 6 aromatic carbocycles. The first-order chi connectivity index (χ1) is 30.7. The largest absolute Gasteiger partial charge is 0.417 e. The van der Waals surface area contributed by atoms with Gasteiger partial charge in [0.1, 0.15) is 0 Å². The van der Waals surface area contributed by atoms with Gasteiger partial charge in [-0.05, 0) is 252 Å². The van der Waals surface area contributed by atoms with Crippen molar-refractivity contribution in [3.05, 3.63) is 158 Å².